The molecule has 21 heavy (non-hydrogen) atoms. The van der Waals surface area contributed by atoms with Crippen LogP contribution in [0.3, 0.4) is 0 Å². The van der Waals surface area contributed by atoms with Crippen molar-refractivity contribution in [1.82, 2.24) is 9.88 Å². The summed E-state index contributed by atoms with van der Waals surface area (Å²) in [6, 6.07) is 11.1. The normalized spacial score (nSPS) is 10.0. The molecule has 5 nitrogen and oxygen atoms in total. The van der Waals surface area contributed by atoms with Gasteiger partial charge in [-0.1, -0.05) is 12.1 Å². The van der Waals surface area contributed by atoms with E-state index >= 15 is 0 Å². The molecule has 1 aromatic heterocycles. The number of hydrogen-bond donors (Lipinski definition) is 1. The molecule has 2 aromatic rings. The van der Waals surface area contributed by atoms with Crippen molar-refractivity contribution < 1.29 is 9.53 Å². The number of likely N-dealkylation sites (N-methyl/N-ethyl adjacent to an activating group) is 1. The molecule has 0 aliphatic heterocycles. The van der Waals surface area contributed by atoms with Gasteiger partial charge in [0, 0.05) is 26.0 Å². The van der Waals surface area contributed by atoms with Crippen LogP contribution in [0.1, 0.15) is 5.56 Å². The van der Waals surface area contributed by atoms with Crippen LogP contribution in [0.15, 0.2) is 48.8 Å². The molecule has 0 bridgehead atoms. The summed E-state index contributed by atoms with van der Waals surface area (Å²) in [4.78, 5) is 17.8. The average molecular weight is 285 g/mol. The van der Waals surface area contributed by atoms with E-state index in [4.69, 9.17) is 4.74 Å². The van der Waals surface area contributed by atoms with Crippen LogP contribution in [0, 0.1) is 0 Å². The largest absolute Gasteiger partial charge is 0.495 e. The minimum Gasteiger partial charge on any atom is -0.495 e. The zero-order chi connectivity index (χ0) is 15.1. The van der Waals surface area contributed by atoms with Crippen molar-refractivity contribution >= 4 is 11.7 Å². The van der Waals surface area contributed by atoms with Gasteiger partial charge in [0.05, 0.1) is 12.8 Å². The highest BCUT2D eigenvalue weighted by Crippen LogP contribution is 2.23. The molecule has 0 saturated carbocycles. The third-order valence-corrected chi connectivity index (χ3v) is 3.18. The van der Waals surface area contributed by atoms with Crippen LogP contribution in [-0.4, -0.2) is 36.6 Å². The Morgan fingerprint density at radius 3 is 2.67 bits per heavy atom. The van der Waals surface area contributed by atoms with Crippen LogP contribution in [0.4, 0.5) is 10.5 Å². The summed E-state index contributed by atoms with van der Waals surface area (Å²) >= 11 is 0. The Balaban J connectivity index is 1.90. The molecule has 2 amide bonds. The molecular formula is C16H19N3O2. The van der Waals surface area contributed by atoms with Gasteiger partial charge in [0.15, 0.2) is 0 Å². The van der Waals surface area contributed by atoms with E-state index in [9.17, 15) is 4.79 Å². The molecule has 0 atom stereocenters. The van der Waals surface area contributed by atoms with Gasteiger partial charge in [-0.05, 0) is 36.2 Å². The Morgan fingerprint density at radius 2 is 1.95 bits per heavy atom. The SMILES string of the molecule is COc1ccccc1NC(=O)N(C)CCc1ccncc1. The van der Waals surface area contributed by atoms with Crippen LogP contribution < -0.4 is 10.1 Å². The van der Waals surface area contributed by atoms with Gasteiger partial charge in [-0.2, -0.15) is 0 Å². The minimum atomic E-state index is -0.159. The monoisotopic (exact) mass is 285 g/mol. The molecule has 0 spiro atoms. The van der Waals surface area contributed by atoms with Crippen LogP contribution in [0.25, 0.3) is 0 Å². The number of amides is 2. The average Bonchev–Trinajstić information content (AvgIpc) is 2.54. The number of carbonyl (C=O) groups excluding carboxylic acids is 1. The van der Waals surface area contributed by atoms with Crippen LogP contribution in [-0.2, 0) is 6.42 Å². The zero-order valence-electron chi connectivity index (χ0n) is 12.2. The highest BCUT2D eigenvalue weighted by Gasteiger charge is 2.11. The number of urea groups is 1. The molecule has 5 heteroatoms. The summed E-state index contributed by atoms with van der Waals surface area (Å²) in [5, 5.41) is 2.85. The van der Waals surface area contributed by atoms with E-state index in [1.54, 1.807) is 31.5 Å². The molecule has 0 fully saturated rings. The number of hydrogen-bond acceptors (Lipinski definition) is 3. The first-order chi connectivity index (χ1) is 10.2. The Kier molecular flexibility index (Phi) is 5.15. The van der Waals surface area contributed by atoms with E-state index in [2.05, 4.69) is 10.3 Å². The topological polar surface area (TPSA) is 54.5 Å². The third-order valence-electron chi connectivity index (χ3n) is 3.18. The molecular weight excluding hydrogens is 266 g/mol. The number of nitrogens with zero attached hydrogens (tertiary/aromatic N) is 2. The second kappa shape index (κ2) is 7.28. The smallest absolute Gasteiger partial charge is 0.321 e. The third kappa shape index (κ3) is 4.21. The van der Waals surface area contributed by atoms with Gasteiger partial charge >= 0.3 is 6.03 Å². The predicted molar refractivity (Wildman–Crippen MR) is 82.6 cm³/mol. The molecule has 0 saturated heterocycles. The maximum Gasteiger partial charge on any atom is 0.321 e. The molecule has 0 unspecified atom stereocenters. The number of carbonyl (C=O) groups is 1. The summed E-state index contributed by atoms with van der Waals surface area (Å²) in [6.07, 6.45) is 4.30. The molecule has 1 heterocycles. The van der Waals surface area contributed by atoms with Crippen molar-refractivity contribution in [3.05, 3.63) is 54.4 Å². The second-order valence-electron chi connectivity index (χ2n) is 4.66. The fourth-order valence-electron chi connectivity index (χ4n) is 1.91. The summed E-state index contributed by atoms with van der Waals surface area (Å²) in [5.74, 6) is 0.647. The van der Waals surface area contributed by atoms with E-state index in [0.29, 0.717) is 18.0 Å². The summed E-state index contributed by atoms with van der Waals surface area (Å²) in [7, 11) is 3.35. The number of methoxy groups -OCH3 is 1. The lowest BCUT2D eigenvalue weighted by Gasteiger charge is -2.19. The number of para-hydroxylation sites is 2. The van der Waals surface area contributed by atoms with Crippen molar-refractivity contribution in [2.24, 2.45) is 0 Å². The van der Waals surface area contributed by atoms with Gasteiger partial charge in [0.2, 0.25) is 0 Å². The number of aromatic nitrogens is 1. The molecule has 1 N–H and O–H groups in total. The molecule has 2 rings (SSSR count). The van der Waals surface area contributed by atoms with E-state index in [-0.39, 0.29) is 6.03 Å². The maximum absolute atomic E-state index is 12.1. The van der Waals surface area contributed by atoms with Crippen molar-refractivity contribution in [2.45, 2.75) is 6.42 Å². The number of rotatable bonds is 5. The van der Waals surface area contributed by atoms with E-state index in [1.807, 2.05) is 36.4 Å². The van der Waals surface area contributed by atoms with Crippen molar-refractivity contribution in [1.29, 1.82) is 0 Å². The quantitative estimate of drug-likeness (QED) is 0.919. The fourth-order valence-corrected chi connectivity index (χ4v) is 1.91. The predicted octanol–water partition coefficient (Wildman–Crippen LogP) is 2.80. The molecule has 0 aliphatic rings. The standard InChI is InChI=1S/C16H19N3O2/c1-19(12-9-13-7-10-17-11-8-13)16(20)18-14-5-3-4-6-15(14)21-2/h3-8,10-11H,9,12H2,1-2H3,(H,18,20). The minimum absolute atomic E-state index is 0.159. The Bertz CT molecular complexity index is 587. The number of nitrogens with one attached hydrogen (secondary N) is 1. The summed E-state index contributed by atoms with van der Waals surface area (Å²) < 4.78 is 5.22. The second-order valence-corrected chi connectivity index (χ2v) is 4.66. The lowest BCUT2D eigenvalue weighted by molar-refractivity contribution is 0.223. The number of benzene rings is 1. The van der Waals surface area contributed by atoms with Crippen molar-refractivity contribution in [3.8, 4) is 5.75 Å². The van der Waals surface area contributed by atoms with Gasteiger partial charge < -0.3 is 15.0 Å². The highest BCUT2D eigenvalue weighted by atomic mass is 16.5. The lowest BCUT2D eigenvalue weighted by Crippen LogP contribution is -2.33. The Hall–Kier alpha value is -2.56. The lowest BCUT2D eigenvalue weighted by atomic mass is 10.2. The van der Waals surface area contributed by atoms with Crippen molar-refractivity contribution in [3.63, 3.8) is 0 Å². The first-order valence-corrected chi connectivity index (χ1v) is 6.74. The van der Waals surface area contributed by atoms with Crippen LogP contribution in [0.2, 0.25) is 0 Å². The van der Waals surface area contributed by atoms with Gasteiger partial charge in [-0.25, -0.2) is 4.79 Å². The van der Waals surface area contributed by atoms with E-state index in [0.717, 1.165) is 12.0 Å². The first kappa shape index (κ1) is 14.8. The number of anilines is 1. The van der Waals surface area contributed by atoms with Gasteiger partial charge in [-0.15, -0.1) is 0 Å². The van der Waals surface area contributed by atoms with Crippen LogP contribution in [0.5, 0.6) is 5.75 Å². The maximum atomic E-state index is 12.1. The summed E-state index contributed by atoms with van der Waals surface area (Å²) in [6.45, 7) is 0.630. The number of ether oxygens (including phenoxy) is 1. The van der Waals surface area contributed by atoms with E-state index in [1.165, 1.54) is 0 Å². The van der Waals surface area contributed by atoms with Crippen LogP contribution >= 0.6 is 0 Å². The molecule has 110 valence electrons. The van der Waals surface area contributed by atoms with E-state index < -0.39 is 0 Å². The van der Waals surface area contributed by atoms with Crippen molar-refractivity contribution in [2.75, 3.05) is 26.0 Å². The molecule has 1 aromatic carbocycles. The zero-order valence-corrected chi connectivity index (χ0v) is 12.2. The van der Waals surface area contributed by atoms with Gasteiger partial charge in [0.25, 0.3) is 0 Å². The molecule has 0 aliphatic carbocycles. The Labute approximate surface area is 124 Å². The first-order valence-electron chi connectivity index (χ1n) is 6.74. The summed E-state index contributed by atoms with van der Waals surface area (Å²) in [5.41, 5.74) is 1.82. The number of pyridine rings is 1. The highest BCUT2D eigenvalue weighted by molar-refractivity contribution is 5.90. The fraction of sp³-hybridized carbons (Fsp3) is 0.250. The molecule has 0 radical (unpaired) electrons. The van der Waals surface area contributed by atoms with Gasteiger partial charge in [-0.3, -0.25) is 4.98 Å². The van der Waals surface area contributed by atoms with Gasteiger partial charge in [0.1, 0.15) is 5.75 Å². The Morgan fingerprint density at radius 1 is 1.24 bits per heavy atom.